The summed E-state index contributed by atoms with van der Waals surface area (Å²) in [5.41, 5.74) is 0. The fourth-order valence-corrected chi connectivity index (χ4v) is 1.28. The highest BCUT2D eigenvalue weighted by atomic mass is 79.9. The SMILES string of the molecule is COC(=O)CCCn1cc(Br)cn1. The van der Waals surface area contributed by atoms with Crippen LogP contribution in [0.2, 0.25) is 0 Å². The van der Waals surface area contributed by atoms with E-state index in [1.807, 2.05) is 6.20 Å². The Balaban J connectivity index is 2.24. The molecule has 0 atom stereocenters. The number of esters is 1. The van der Waals surface area contributed by atoms with Gasteiger partial charge in [-0.3, -0.25) is 9.48 Å². The second-order valence-corrected chi connectivity index (χ2v) is 3.52. The van der Waals surface area contributed by atoms with E-state index in [4.69, 9.17) is 0 Å². The van der Waals surface area contributed by atoms with E-state index in [0.29, 0.717) is 6.42 Å². The van der Waals surface area contributed by atoms with Crippen LogP contribution < -0.4 is 0 Å². The minimum atomic E-state index is -0.175. The van der Waals surface area contributed by atoms with Gasteiger partial charge in [0.2, 0.25) is 0 Å². The van der Waals surface area contributed by atoms with E-state index in [1.165, 1.54) is 7.11 Å². The van der Waals surface area contributed by atoms with Crippen LogP contribution in [0.3, 0.4) is 0 Å². The molecule has 0 aromatic carbocycles. The molecule has 0 spiro atoms. The van der Waals surface area contributed by atoms with Crippen molar-refractivity contribution in [1.82, 2.24) is 9.78 Å². The van der Waals surface area contributed by atoms with Crippen molar-refractivity contribution in [3.63, 3.8) is 0 Å². The van der Waals surface area contributed by atoms with Gasteiger partial charge in [0.1, 0.15) is 0 Å². The molecule has 0 aliphatic rings. The largest absolute Gasteiger partial charge is 0.469 e. The first-order valence-corrected chi connectivity index (χ1v) is 4.76. The summed E-state index contributed by atoms with van der Waals surface area (Å²) in [4.78, 5) is 10.7. The normalized spacial score (nSPS) is 10.0. The van der Waals surface area contributed by atoms with Gasteiger partial charge in [-0.1, -0.05) is 0 Å². The van der Waals surface area contributed by atoms with Gasteiger partial charge in [0.05, 0.1) is 17.8 Å². The van der Waals surface area contributed by atoms with Gasteiger partial charge >= 0.3 is 5.97 Å². The van der Waals surface area contributed by atoms with Gasteiger partial charge in [-0.15, -0.1) is 0 Å². The van der Waals surface area contributed by atoms with Crippen molar-refractivity contribution in [3.05, 3.63) is 16.9 Å². The average molecular weight is 247 g/mol. The van der Waals surface area contributed by atoms with E-state index in [-0.39, 0.29) is 5.97 Å². The van der Waals surface area contributed by atoms with E-state index in [0.717, 1.165) is 17.4 Å². The zero-order valence-electron chi connectivity index (χ0n) is 7.36. The van der Waals surface area contributed by atoms with Gasteiger partial charge in [0, 0.05) is 19.2 Å². The summed E-state index contributed by atoms with van der Waals surface area (Å²) < 4.78 is 7.25. The number of aromatic nitrogens is 2. The Labute approximate surface area is 85.0 Å². The Bertz CT molecular complexity index is 285. The molecule has 0 saturated carbocycles. The van der Waals surface area contributed by atoms with Crippen molar-refractivity contribution in [1.29, 1.82) is 0 Å². The standard InChI is InChI=1S/C8H11BrN2O2/c1-13-8(12)3-2-4-11-6-7(9)5-10-11/h5-6H,2-4H2,1H3. The number of aryl methyl sites for hydroxylation is 1. The summed E-state index contributed by atoms with van der Waals surface area (Å²) >= 11 is 3.29. The highest BCUT2D eigenvalue weighted by Crippen LogP contribution is 2.07. The zero-order chi connectivity index (χ0) is 9.68. The van der Waals surface area contributed by atoms with Crippen molar-refractivity contribution < 1.29 is 9.53 Å². The molecule has 72 valence electrons. The van der Waals surface area contributed by atoms with E-state index >= 15 is 0 Å². The second-order valence-electron chi connectivity index (χ2n) is 2.60. The summed E-state index contributed by atoms with van der Waals surface area (Å²) in [7, 11) is 1.40. The summed E-state index contributed by atoms with van der Waals surface area (Å²) in [6, 6.07) is 0. The second kappa shape index (κ2) is 5.01. The highest BCUT2D eigenvalue weighted by Gasteiger charge is 2.00. The van der Waals surface area contributed by atoms with Gasteiger partial charge in [0.25, 0.3) is 0 Å². The number of ether oxygens (including phenoxy) is 1. The van der Waals surface area contributed by atoms with E-state index in [9.17, 15) is 4.79 Å². The highest BCUT2D eigenvalue weighted by molar-refractivity contribution is 9.10. The van der Waals surface area contributed by atoms with Crippen molar-refractivity contribution in [2.75, 3.05) is 7.11 Å². The van der Waals surface area contributed by atoms with E-state index in [2.05, 4.69) is 25.8 Å². The number of rotatable bonds is 4. The predicted molar refractivity (Wildman–Crippen MR) is 51.2 cm³/mol. The molecule has 1 heterocycles. The molecule has 0 radical (unpaired) electrons. The number of hydrogen-bond acceptors (Lipinski definition) is 3. The summed E-state index contributed by atoms with van der Waals surface area (Å²) in [6.45, 7) is 0.737. The third kappa shape index (κ3) is 3.59. The maximum absolute atomic E-state index is 10.7. The quantitative estimate of drug-likeness (QED) is 0.759. The van der Waals surface area contributed by atoms with Crippen molar-refractivity contribution in [3.8, 4) is 0 Å². The molecule has 0 fully saturated rings. The van der Waals surface area contributed by atoms with Crippen LogP contribution in [-0.4, -0.2) is 22.9 Å². The van der Waals surface area contributed by atoms with Gasteiger partial charge in [-0.25, -0.2) is 0 Å². The molecule has 13 heavy (non-hydrogen) atoms. The van der Waals surface area contributed by atoms with E-state index < -0.39 is 0 Å². The van der Waals surface area contributed by atoms with Gasteiger partial charge in [-0.05, 0) is 22.4 Å². The third-order valence-electron chi connectivity index (χ3n) is 1.60. The monoisotopic (exact) mass is 246 g/mol. The Morgan fingerprint density at radius 1 is 1.77 bits per heavy atom. The Hall–Kier alpha value is -0.840. The molecule has 0 aliphatic carbocycles. The molecule has 0 unspecified atom stereocenters. The lowest BCUT2D eigenvalue weighted by Gasteiger charge is -1.99. The first-order chi connectivity index (χ1) is 6.22. The van der Waals surface area contributed by atoms with Crippen molar-refractivity contribution in [2.45, 2.75) is 19.4 Å². The molecule has 1 aromatic rings. The summed E-state index contributed by atoms with van der Waals surface area (Å²) in [5.74, 6) is -0.175. The lowest BCUT2D eigenvalue weighted by molar-refractivity contribution is -0.140. The van der Waals surface area contributed by atoms with Crippen LogP contribution in [0, 0.1) is 0 Å². The van der Waals surface area contributed by atoms with Crippen LogP contribution in [0.5, 0.6) is 0 Å². The summed E-state index contributed by atoms with van der Waals surface area (Å²) in [5, 5.41) is 4.06. The molecular formula is C8H11BrN2O2. The van der Waals surface area contributed by atoms with E-state index in [1.54, 1.807) is 10.9 Å². The molecular weight excluding hydrogens is 236 g/mol. The number of carbonyl (C=O) groups excluding carboxylic acids is 1. The lowest BCUT2D eigenvalue weighted by Crippen LogP contribution is -2.04. The lowest BCUT2D eigenvalue weighted by atomic mass is 10.3. The fourth-order valence-electron chi connectivity index (χ4n) is 0.948. The van der Waals surface area contributed by atoms with Crippen LogP contribution in [0.1, 0.15) is 12.8 Å². The predicted octanol–water partition coefficient (Wildman–Crippen LogP) is 1.60. The molecule has 0 bridgehead atoms. The molecule has 0 saturated heterocycles. The zero-order valence-corrected chi connectivity index (χ0v) is 8.95. The summed E-state index contributed by atoms with van der Waals surface area (Å²) in [6.07, 6.45) is 4.78. The molecule has 0 N–H and O–H groups in total. The Morgan fingerprint density at radius 3 is 3.08 bits per heavy atom. The number of halogens is 1. The maximum Gasteiger partial charge on any atom is 0.305 e. The number of hydrogen-bond donors (Lipinski definition) is 0. The smallest absolute Gasteiger partial charge is 0.305 e. The minimum Gasteiger partial charge on any atom is -0.469 e. The molecule has 1 aromatic heterocycles. The molecule has 0 aliphatic heterocycles. The maximum atomic E-state index is 10.7. The number of carbonyl (C=O) groups is 1. The average Bonchev–Trinajstić information content (AvgIpc) is 2.51. The molecule has 1 rings (SSSR count). The van der Waals surface area contributed by atoms with Crippen LogP contribution in [0.4, 0.5) is 0 Å². The van der Waals surface area contributed by atoms with Crippen LogP contribution in [0.15, 0.2) is 16.9 Å². The third-order valence-corrected chi connectivity index (χ3v) is 2.01. The topological polar surface area (TPSA) is 44.1 Å². The molecule has 5 heteroatoms. The molecule has 4 nitrogen and oxygen atoms in total. The van der Waals surface area contributed by atoms with Gasteiger partial charge in [-0.2, -0.15) is 5.10 Å². The van der Waals surface area contributed by atoms with Crippen molar-refractivity contribution in [2.24, 2.45) is 0 Å². The van der Waals surface area contributed by atoms with Crippen LogP contribution in [-0.2, 0) is 16.1 Å². The van der Waals surface area contributed by atoms with Gasteiger partial charge in [0.15, 0.2) is 0 Å². The Morgan fingerprint density at radius 2 is 2.54 bits per heavy atom. The van der Waals surface area contributed by atoms with Crippen LogP contribution in [0.25, 0.3) is 0 Å². The fraction of sp³-hybridized carbons (Fsp3) is 0.500. The minimum absolute atomic E-state index is 0.175. The number of methoxy groups -OCH3 is 1. The molecule has 0 amide bonds. The van der Waals surface area contributed by atoms with Crippen molar-refractivity contribution >= 4 is 21.9 Å². The Kier molecular flexibility index (Phi) is 3.95. The van der Waals surface area contributed by atoms with Gasteiger partial charge < -0.3 is 4.74 Å². The van der Waals surface area contributed by atoms with Crippen LogP contribution >= 0.6 is 15.9 Å². The number of nitrogens with zero attached hydrogens (tertiary/aromatic N) is 2. The first-order valence-electron chi connectivity index (χ1n) is 3.97. The first kappa shape index (κ1) is 10.2.